The number of anilines is 1. The maximum atomic E-state index is 12.4. The lowest BCUT2D eigenvalue weighted by atomic mass is 10.1. The van der Waals surface area contributed by atoms with Gasteiger partial charge in [-0.25, -0.2) is 8.42 Å². The van der Waals surface area contributed by atoms with Crippen LogP contribution < -0.4 is 10.5 Å². The van der Waals surface area contributed by atoms with Crippen LogP contribution in [0.25, 0.3) is 0 Å². The maximum Gasteiger partial charge on any atom is 0.271 e. The standard InChI is InChI=1S/C14H18N2O2S2/c1-10-4-3-5-13(11(10)2)16-20(17,18)14-7-6-12(19-14)8-9-15/h3-7,16H,8-9,15H2,1-2H3. The zero-order valence-electron chi connectivity index (χ0n) is 11.5. The fourth-order valence-corrected chi connectivity index (χ4v) is 4.33. The molecule has 0 atom stereocenters. The third kappa shape index (κ3) is 3.20. The number of benzene rings is 1. The molecule has 0 aliphatic carbocycles. The smallest absolute Gasteiger partial charge is 0.271 e. The van der Waals surface area contributed by atoms with Crippen LogP contribution in [0.1, 0.15) is 16.0 Å². The van der Waals surface area contributed by atoms with Gasteiger partial charge < -0.3 is 5.73 Å². The van der Waals surface area contributed by atoms with E-state index < -0.39 is 10.0 Å². The van der Waals surface area contributed by atoms with Crippen molar-refractivity contribution in [2.75, 3.05) is 11.3 Å². The first kappa shape index (κ1) is 15.0. The predicted octanol–water partition coefficient (Wildman–Crippen LogP) is 2.67. The number of hydrogen-bond donors (Lipinski definition) is 2. The van der Waals surface area contributed by atoms with E-state index in [-0.39, 0.29) is 0 Å². The van der Waals surface area contributed by atoms with Gasteiger partial charge in [0.05, 0.1) is 5.69 Å². The van der Waals surface area contributed by atoms with Crippen LogP contribution in [0.15, 0.2) is 34.5 Å². The molecule has 0 aliphatic heterocycles. The average molecular weight is 310 g/mol. The fraction of sp³-hybridized carbons (Fsp3) is 0.286. The molecule has 0 saturated carbocycles. The van der Waals surface area contributed by atoms with Crippen molar-refractivity contribution in [3.8, 4) is 0 Å². The van der Waals surface area contributed by atoms with Gasteiger partial charge in [0, 0.05) is 4.88 Å². The number of sulfonamides is 1. The Morgan fingerprint density at radius 3 is 2.65 bits per heavy atom. The van der Waals surface area contributed by atoms with E-state index in [0.29, 0.717) is 22.9 Å². The van der Waals surface area contributed by atoms with Gasteiger partial charge >= 0.3 is 0 Å². The first-order chi connectivity index (χ1) is 9.44. The number of nitrogens with one attached hydrogen (secondary N) is 1. The molecule has 20 heavy (non-hydrogen) atoms. The molecule has 1 aromatic heterocycles. The van der Waals surface area contributed by atoms with Crippen molar-refractivity contribution in [1.29, 1.82) is 0 Å². The molecule has 0 bridgehead atoms. The topological polar surface area (TPSA) is 72.2 Å². The fourth-order valence-electron chi connectivity index (χ4n) is 1.84. The summed E-state index contributed by atoms with van der Waals surface area (Å²) in [6.45, 7) is 4.38. The Labute approximate surface area is 123 Å². The average Bonchev–Trinajstić information content (AvgIpc) is 2.85. The highest BCUT2D eigenvalue weighted by molar-refractivity contribution is 7.94. The van der Waals surface area contributed by atoms with E-state index in [1.165, 1.54) is 11.3 Å². The van der Waals surface area contributed by atoms with Crippen molar-refractivity contribution in [1.82, 2.24) is 0 Å². The minimum Gasteiger partial charge on any atom is -0.330 e. The summed E-state index contributed by atoms with van der Waals surface area (Å²) < 4.78 is 27.7. The highest BCUT2D eigenvalue weighted by Gasteiger charge is 2.18. The molecule has 0 amide bonds. The van der Waals surface area contributed by atoms with Gasteiger partial charge in [0.2, 0.25) is 0 Å². The Morgan fingerprint density at radius 1 is 1.20 bits per heavy atom. The molecule has 0 fully saturated rings. The zero-order valence-corrected chi connectivity index (χ0v) is 13.1. The summed E-state index contributed by atoms with van der Waals surface area (Å²) in [5.41, 5.74) is 8.10. The third-order valence-electron chi connectivity index (χ3n) is 3.14. The molecule has 108 valence electrons. The molecule has 0 radical (unpaired) electrons. The normalized spacial score (nSPS) is 11.6. The molecule has 0 unspecified atom stereocenters. The number of nitrogens with two attached hydrogens (primary N) is 1. The van der Waals surface area contributed by atoms with E-state index in [0.717, 1.165) is 16.0 Å². The molecule has 0 spiro atoms. The van der Waals surface area contributed by atoms with Crippen LogP contribution in [0.3, 0.4) is 0 Å². The Balaban J connectivity index is 2.28. The monoisotopic (exact) mass is 310 g/mol. The quantitative estimate of drug-likeness (QED) is 0.892. The summed E-state index contributed by atoms with van der Waals surface area (Å²) in [5.74, 6) is 0. The predicted molar refractivity (Wildman–Crippen MR) is 83.8 cm³/mol. The third-order valence-corrected chi connectivity index (χ3v) is 6.14. The lowest BCUT2D eigenvalue weighted by Gasteiger charge is -2.10. The molecule has 6 heteroatoms. The second kappa shape index (κ2) is 5.95. The molecule has 2 aromatic rings. The van der Waals surface area contributed by atoms with Crippen LogP contribution in [0.5, 0.6) is 0 Å². The summed E-state index contributed by atoms with van der Waals surface area (Å²) in [4.78, 5) is 0.980. The maximum absolute atomic E-state index is 12.4. The Kier molecular flexibility index (Phi) is 4.47. The lowest BCUT2D eigenvalue weighted by molar-refractivity contribution is 0.603. The molecular formula is C14H18N2O2S2. The Morgan fingerprint density at radius 2 is 1.95 bits per heavy atom. The number of aryl methyl sites for hydroxylation is 1. The van der Waals surface area contributed by atoms with Crippen molar-refractivity contribution in [3.05, 3.63) is 46.3 Å². The van der Waals surface area contributed by atoms with E-state index in [4.69, 9.17) is 5.73 Å². The van der Waals surface area contributed by atoms with Gasteiger partial charge in [0.15, 0.2) is 0 Å². The molecule has 3 N–H and O–H groups in total. The van der Waals surface area contributed by atoms with Gasteiger partial charge in [-0.2, -0.15) is 0 Å². The molecule has 4 nitrogen and oxygen atoms in total. The van der Waals surface area contributed by atoms with Crippen molar-refractivity contribution in [2.24, 2.45) is 5.73 Å². The van der Waals surface area contributed by atoms with Gasteiger partial charge in [-0.3, -0.25) is 4.72 Å². The van der Waals surface area contributed by atoms with Crippen molar-refractivity contribution in [2.45, 2.75) is 24.5 Å². The van der Waals surface area contributed by atoms with Gasteiger partial charge in [-0.05, 0) is 56.1 Å². The second-order valence-corrected chi connectivity index (χ2v) is 7.69. The van der Waals surface area contributed by atoms with Crippen LogP contribution in [-0.4, -0.2) is 15.0 Å². The van der Waals surface area contributed by atoms with Crippen molar-refractivity contribution < 1.29 is 8.42 Å². The van der Waals surface area contributed by atoms with Crippen LogP contribution in [0, 0.1) is 13.8 Å². The van der Waals surface area contributed by atoms with E-state index in [1.807, 2.05) is 32.0 Å². The van der Waals surface area contributed by atoms with E-state index in [2.05, 4.69) is 4.72 Å². The summed E-state index contributed by atoms with van der Waals surface area (Å²) >= 11 is 1.26. The van der Waals surface area contributed by atoms with Gasteiger partial charge in [-0.15, -0.1) is 11.3 Å². The SMILES string of the molecule is Cc1cccc(NS(=O)(=O)c2ccc(CCN)s2)c1C. The number of hydrogen-bond acceptors (Lipinski definition) is 4. The zero-order chi connectivity index (χ0) is 14.8. The highest BCUT2D eigenvalue weighted by atomic mass is 32.2. The van der Waals surface area contributed by atoms with Crippen molar-refractivity contribution in [3.63, 3.8) is 0 Å². The van der Waals surface area contributed by atoms with E-state index in [1.54, 1.807) is 12.1 Å². The van der Waals surface area contributed by atoms with Crippen LogP contribution in [-0.2, 0) is 16.4 Å². The van der Waals surface area contributed by atoms with Crippen LogP contribution >= 0.6 is 11.3 Å². The molecule has 1 heterocycles. The molecule has 0 saturated heterocycles. The van der Waals surface area contributed by atoms with E-state index in [9.17, 15) is 8.42 Å². The molecule has 2 rings (SSSR count). The Bertz CT molecular complexity index is 706. The van der Waals surface area contributed by atoms with Gasteiger partial charge in [0.25, 0.3) is 10.0 Å². The first-order valence-electron chi connectivity index (χ1n) is 6.32. The van der Waals surface area contributed by atoms with E-state index >= 15 is 0 Å². The molecule has 1 aromatic carbocycles. The number of thiophene rings is 1. The van der Waals surface area contributed by atoms with Crippen LogP contribution in [0.4, 0.5) is 5.69 Å². The summed E-state index contributed by atoms with van der Waals surface area (Å²) in [6, 6.07) is 9.01. The molecular weight excluding hydrogens is 292 g/mol. The summed E-state index contributed by atoms with van der Waals surface area (Å²) in [5, 5.41) is 0. The largest absolute Gasteiger partial charge is 0.330 e. The minimum atomic E-state index is -3.52. The molecule has 0 aliphatic rings. The summed E-state index contributed by atoms with van der Waals surface area (Å²) in [6.07, 6.45) is 0.698. The summed E-state index contributed by atoms with van der Waals surface area (Å²) in [7, 11) is -3.52. The van der Waals surface area contributed by atoms with Gasteiger partial charge in [0.1, 0.15) is 4.21 Å². The number of rotatable bonds is 5. The minimum absolute atomic E-state index is 0.321. The van der Waals surface area contributed by atoms with Crippen molar-refractivity contribution >= 4 is 27.0 Å². The Hall–Kier alpha value is -1.37. The first-order valence-corrected chi connectivity index (χ1v) is 8.62. The van der Waals surface area contributed by atoms with Crippen LogP contribution in [0.2, 0.25) is 0 Å². The lowest BCUT2D eigenvalue weighted by Crippen LogP contribution is -2.12. The highest BCUT2D eigenvalue weighted by Crippen LogP contribution is 2.26. The second-order valence-electron chi connectivity index (χ2n) is 4.61. The van der Waals surface area contributed by atoms with Gasteiger partial charge in [-0.1, -0.05) is 12.1 Å².